The van der Waals surface area contributed by atoms with E-state index >= 15 is 0 Å². The molecule has 0 atom stereocenters. The summed E-state index contributed by atoms with van der Waals surface area (Å²) in [5.74, 6) is 0.273. The number of hydrogen-bond acceptors (Lipinski definition) is 4. The van der Waals surface area contributed by atoms with E-state index in [9.17, 15) is 4.39 Å². The molecule has 0 aliphatic rings. The first kappa shape index (κ1) is 8.68. The van der Waals surface area contributed by atoms with Gasteiger partial charge in [-0.3, -0.25) is 0 Å². The predicted molar refractivity (Wildman–Crippen MR) is 47.9 cm³/mol. The predicted octanol–water partition coefficient (Wildman–Crippen LogP) is 1.38. The van der Waals surface area contributed by atoms with Crippen molar-refractivity contribution in [3.63, 3.8) is 0 Å². The van der Waals surface area contributed by atoms with Crippen molar-refractivity contribution in [1.82, 2.24) is 10.1 Å². The standard InChI is InChI=1S/C9H8FN3O/c10-7-3-1-6(2-4-7)5-8-12-9(11)13-14-8/h1-4H,5H2,(H2,11,13). The number of benzene rings is 1. The number of halogens is 1. The quantitative estimate of drug-likeness (QED) is 0.782. The fourth-order valence-electron chi connectivity index (χ4n) is 1.12. The number of aromatic nitrogens is 2. The minimum Gasteiger partial charge on any atom is -0.365 e. The molecule has 0 radical (unpaired) electrons. The van der Waals surface area contributed by atoms with E-state index in [1.54, 1.807) is 12.1 Å². The highest BCUT2D eigenvalue weighted by atomic mass is 19.1. The van der Waals surface area contributed by atoms with Gasteiger partial charge in [0.05, 0.1) is 6.42 Å². The van der Waals surface area contributed by atoms with Crippen LogP contribution < -0.4 is 5.73 Å². The maximum atomic E-state index is 12.6. The molecule has 0 aliphatic heterocycles. The van der Waals surface area contributed by atoms with E-state index in [-0.39, 0.29) is 11.8 Å². The van der Waals surface area contributed by atoms with Crippen molar-refractivity contribution in [1.29, 1.82) is 0 Å². The van der Waals surface area contributed by atoms with Gasteiger partial charge in [-0.15, -0.1) is 0 Å². The SMILES string of the molecule is Nc1noc(Cc2ccc(F)cc2)n1. The molecule has 0 saturated carbocycles. The summed E-state index contributed by atoms with van der Waals surface area (Å²) in [7, 11) is 0. The normalized spacial score (nSPS) is 10.4. The van der Waals surface area contributed by atoms with Crippen LogP contribution in [0.4, 0.5) is 10.3 Å². The number of nitrogens with zero attached hydrogens (tertiary/aromatic N) is 2. The van der Waals surface area contributed by atoms with E-state index in [0.29, 0.717) is 12.3 Å². The Hall–Kier alpha value is -1.91. The van der Waals surface area contributed by atoms with Crippen molar-refractivity contribution < 1.29 is 8.91 Å². The van der Waals surface area contributed by atoms with Crippen molar-refractivity contribution in [3.05, 3.63) is 41.5 Å². The van der Waals surface area contributed by atoms with Gasteiger partial charge in [0.2, 0.25) is 5.89 Å². The van der Waals surface area contributed by atoms with Crippen LogP contribution in [0.1, 0.15) is 11.5 Å². The first-order valence-corrected chi connectivity index (χ1v) is 4.06. The molecule has 14 heavy (non-hydrogen) atoms. The molecule has 1 aromatic heterocycles. The molecule has 0 spiro atoms. The van der Waals surface area contributed by atoms with Crippen LogP contribution in [-0.2, 0) is 6.42 Å². The molecule has 0 amide bonds. The number of nitrogen functional groups attached to an aromatic ring is 1. The highest BCUT2D eigenvalue weighted by Gasteiger charge is 2.04. The Bertz CT molecular complexity index is 424. The summed E-state index contributed by atoms with van der Waals surface area (Å²) in [6.07, 6.45) is 0.463. The highest BCUT2D eigenvalue weighted by Crippen LogP contribution is 2.09. The van der Waals surface area contributed by atoms with E-state index in [1.807, 2.05) is 0 Å². The van der Waals surface area contributed by atoms with Crippen LogP contribution in [0.3, 0.4) is 0 Å². The van der Waals surface area contributed by atoms with Crippen LogP contribution in [0.5, 0.6) is 0 Å². The molecule has 2 rings (SSSR count). The van der Waals surface area contributed by atoms with E-state index in [1.165, 1.54) is 12.1 Å². The molecule has 0 saturated heterocycles. The number of anilines is 1. The van der Waals surface area contributed by atoms with Crippen LogP contribution >= 0.6 is 0 Å². The molecule has 72 valence electrons. The largest absolute Gasteiger partial charge is 0.365 e. The third-order valence-electron chi connectivity index (χ3n) is 1.75. The van der Waals surface area contributed by atoms with Crippen molar-refractivity contribution in [2.75, 3.05) is 5.73 Å². The molecule has 4 nitrogen and oxygen atoms in total. The van der Waals surface area contributed by atoms with Crippen LogP contribution in [0, 0.1) is 5.82 Å². The average Bonchev–Trinajstić information content (AvgIpc) is 2.56. The van der Waals surface area contributed by atoms with Gasteiger partial charge < -0.3 is 10.3 Å². The molecular weight excluding hydrogens is 185 g/mol. The minimum atomic E-state index is -0.265. The molecular formula is C9H8FN3O. The van der Waals surface area contributed by atoms with Gasteiger partial charge in [-0.1, -0.05) is 12.1 Å². The zero-order valence-electron chi connectivity index (χ0n) is 7.27. The van der Waals surface area contributed by atoms with Gasteiger partial charge in [-0.2, -0.15) is 4.98 Å². The summed E-state index contributed by atoms with van der Waals surface area (Å²) in [6.45, 7) is 0. The monoisotopic (exact) mass is 193 g/mol. The third kappa shape index (κ3) is 1.87. The van der Waals surface area contributed by atoms with Crippen LogP contribution in [0.15, 0.2) is 28.8 Å². The van der Waals surface area contributed by atoms with Crippen molar-refractivity contribution in [3.8, 4) is 0 Å². The fraction of sp³-hybridized carbons (Fsp3) is 0.111. The second-order valence-corrected chi connectivity index (χ2v) is 2.85. The Kier molecular flexibility index (Phi) is 2.14. The third-order valence-corrected chi connectivity index (χ3v) is 1.75. The summed E-state index contributed by atoms with van der Waals surface area (Å²) in [4.78, 5) is 3.83. The number of rotatable bonds is 2. The molecule has 0 aliphatic carbocycles. The van der Waals surface area contributed by atoms with Crippen molar-refractivity contribution in [2.24, 2.45) is 0 Å². The maximum Gasteiger partial charge on any atom is 0.260 e. The molecule has 1 heterocycles. The Morgan fingerprint density at radius 2 is 2.00 bits per heavy atom. The van der Waals surface area contributed by atoms with Gasteiger partial charge in [0.25, 0.3) is 5.95 Å². The highest BCUT2D eigenvalue weighted by molar-refractivity contribution is 5.20. The summed E-state index contributed by atoms with van der Waals surface area (Å²) < 4.78 is 17.4. The number of nitrogens with two attached hydrogens (primary N) is 1. The zero-order chi connectivity index (χ0) is 9.97. The summed E-state index contributed by atoms with van der Waals surface area (Å²) >= 11 is 0. The summed E-state index contributed by atoms with van der Waals surface area (Å²) in [5, 5.41) is 3.45. The summed E-state index contributed by atoms with van der Waals surface area (Å²) in [6, 6.07) is 6.09. The first-order chi connectivity index (χ1) is 6.74. The van der Waals surface area contributed by atoms with Gasteiger partial charge >= 0.3 is 0 Å². The van der Waals surface area contributed by atoms with Crippen LogP contribution in [-0.4, -0.2) is 10.1 Å². The Labute approximate surface area is 79.5 Å². The molecule has 0 unspecified atom stereocenters. The van der Waals surface area contributed by atoms with Gasteiger partial charge in [0.15, 0.2) is 0 Å². The van der Waals surface area contributed by atoms with Gasteiger partial charge in [0, 0.05) is 0 Å². The second kappa shape index (κ2) is 3.45. The molecule has 0 fully saturated rings. The number of hydrogen-bond donors (Lipinski definition) is 1. The van der Waals surface area contributed by atoms with Crippen molar-refractivity contribution in [2.45, 2.75) is 6.42 Å². The Balaban J connectivity index is 2.15. The van der Waals surface area contributed by atoms with E-state index in [0.717, 1.165) is 5.56 Å². The van der Waals surface area contributed by atoms with E-state index in [4.69, 9.17) is 10.3 Å². The smallest absolute Gasteiger partial charge is 0.260 e. The lowest BCUT2D eigenvalue weighted by atomic mass is 10.1. The van der Waals surface area contributed by atoms with Gasteiger partial charge in [-0.25, -0.2) is 4.39 Å². The van der Waals surface area contributed by atoms with Gasteiger partial charge in [-0.05, 0) is 22.9 Å². The van der Waals surface area contributed by atoms with Gasteiger partial charge in [0.1, 0.15) is 5.82 Å². The lowest BCUT2D eigenvalue weighted by Gasteiger charge is -1.95. The molecule has 0 bridgehead atoms. The fourth-order valence-corrected chi connectivity index (χ4v) is 1.12. The maximum absolute atomic E-state index is 12.6. The lowest BCUT2D eigenvalue weighted by molar-refractivity contribution is 0.386. The van der Waals surface area contributed by atoms with Crippen LogP contribution in [0.25, 0.3) is 0 Å². The molecule has 2 N–H and O–H groups in total. The zero-order valence-corrected chi connectivity index (χ0v) is 7.27. The lowest BCUT2D eigenvalue weighted by Crippen LogP contribution is -1.90. The molecule has 1 aromatic carbocycles. The Morgan fingerprint density at radius 3 is 2.57 bits per heavy atom. The van der Waals surface area contributed by atoms with Crippen LogP contribution in [0.2, 0.25) is 0 Å². The first-order valence-electron chi connectivity index (χ1n) is 4.06. The Morgan fingerprint density at radius 1 is 1.29 bits per heavy atom. The van der Waals surface area contributed by atoms with E-state index < -0.39 is 0 Å². The molecule has 5 heteroatoms. The average molecular weight is 193 g/mol. The van der Waals surface area contributed by atoms with E-state index in [2.05, 4.69) is 10.1 Å². The second-order valence-electron chi connectivity index (χ2n) is 2.85. The topological polar surface area (TPSA) is 64.9 Å². The van der Waals surface area contributed by atoms with Crippen molar-refractivity contribution >= 4 is 5.95 Å². The minimum absolute atomic E-state index is 0.113. The summed E-state index contributed by atoms with van der Waals surface area (Å²) in [5.41, 5.74) is 6.18. The molecule has 2 aromatic rings.